The minimum Gasteiger partial charge on any atom is -0.366 e. The van der Waals surface area contributed by atoms with E-state index in [1.165, 1.54) is 0 Å². The molecule has 0 aliphatic heterocycles. The number of carbonyl (C=O) groups excluding carboxylic acids is 2. The quantitative estimate of drug-likeness (QED) is 0.581. The zero-order valence-corrected chi connectivity index (χ0v) is 14.6. The second kappa shape index (κ2) is 6.92. The van der Waals surface area contributed by atoms with Crippen molar-refractivity contribution in [3.8, 4) is 0 Å². The van der Waals surface area contributed by atoms with Gasteiger partial charge in [0.25, 0.3) is 5.91 Å². The first-order valence-electron chi connectivity index (χ1n) is 8.71. The molecule has 2 amide bonds. The fourth-order valence-electron chi connectivity index (χ4n) is 3.37. The van der Waals surface area contributed by atoms with E-state index in [2.05, 4.69) is 5.32 Å². The molecular weight excluding hydrogens is 336 g/mol. The van der Waals surface area contributed by atoms with E-state index in [-0.39, 0.29) is 5.91 Å². The van der Waals surface area contributed by atoms with Crippen molar-refractivity contribution in [2.24, 2.45) is 5.73 Å². The lowest BCUT2D eigenvalue weighted by Gasteiger charge is -2.11. The second-order valence-corrected chi connectivity index (χ2v) is 6.43. The summed E-state index contributed by atoms with van der Waals surface area (Å²) in [6.45, 7) is 0.402. The molecule has 4 aromatic carbocycles. The lowest BCUT2D eigenvalue weighted by molar-refractivity contribution is 0.0951. The van der Waals surface area contributed by atoms with E-state index in [0.717, 1.165) is 27.1 Å². The fraction of sp³-hybridized carbons (Fsp3) is 0.0435. The summed E-state index contributed by atoms with van der Waals surface area (Å²) in [5, 5.41) is 6.74. The zero-order chi connectivity index (χ0) is 18.8. The average Bonchev–Trinajstić information content (AvgIpc) is 2.71. The summed E-state index contributed by atoms with van der Waals surface area (Å²) in [5.74, 6) is -0.786. The Morgan fingerprint density at radius 1 is 0.778 bits per heavy atom. The van der Waals surface area contributed by atoms with Crippen LogP contribution in [0.15, 0.2) is 78.9 Å². The van der Waals surface area contributed by atoms with Gasteiger partial charge in [-0.25, -0.2) is 0 Å². The van der Waals surface area contributed by atoms with Crippen LogP contribution in [0.1, 0.15) is 26.3 Å². The maximum Gasteiger partial charge on any atom is 0.251 e. The van der Waals surface area contributed by atoms with Crippen molar-refractivity contribution in [3.05, 3.63) is 95.6 Å². The van der Waals surface area contributed by atoms with Crippen molar-refractivity contribution in [3.63, 3.8) is 0 Å². The van der Waals surface area contributed by atoms with Gasteiger partial charge in [0, 0.05) is 17.7 Å². The fourth-order valence-corrected chi connectivity index (χ4v) is 3.37. The molecule has 0 bridgehead atoms. The molecule has 4 rings (SSSR count). The van der Waals surface area contributed by atoms with E-state index in [0.29, 0.717) is 17.7 Å². The number of primary amides is 1. The summed E-state index contributed by atoms with van der Waals surface area (Å²) < 4.78 is 0. The SMILES string of the molecule is NC(=O)c1cc(C(=O)NCc2cccc3ccccc23)cc2ccccc12. The first-order valence-corrected chi connectivity index (χ1v) is 8.71. The highest BCUT2D eigenvalue weighted by Crippen LogP contribution is 2.22. The van der Waals surface area contributed by atoms with Crippen LogP contribution in [0.4, 0.5) is 0 Å². The van der Waals surface area contributed by atoms with Crippen molar-refractivity contribution in [1.29, 1.82) is 0 Å². The van der Waals surface area contributed by atoms with Crippen LogP contribution in [0.25, 0.3) is 21.5 Å². The van der Waals surface area contributed by atoms with Gasteiger partial charge in [-0.2, -0.15) is 0 Å². The Morgan fingerprint density at radius 2 is 1.44 bits per heavy atom. The number of amides is 2. The molecular formula is C23H18N2O2. The number of nitrogens with one attached hydrogen (secondary N) is 1. The summed E-state index contributed by atoms with van der Waals surface area (Å²) in [6, 6.07) is 24.8. The molecule has 0 heterocycles. The van der Waals surface area contributed by atoms with Gasteiger partial charge in [-0.3, -0.25) is 9.59 Å². The molecule has 0 aliphatic rings. The van der Waals surface area contributed by atoms with Crippen LogP contribution < -0.4 is 11.1 Å². The normalized spacial score (nSPS) is 10.8. The number of nitrogens with two attached hydrogens (primary N) is 1. The van der Waals surface area contributed by atoms with Crippen molar-refractivity contribution >= 4 is 33.4 Å². The average molecular weight is 354 g/mol. The largest absolute Gasteiger partial charge is 0.366 e. The van der Waals surface area contributed by atoms with Gasteiger partial charge in [0.1, 0.15) is 0 Å². The molecule has 0 spiro atoms. The maximum absolute atomic E-state index is 12.7. The minimum absolute atomic E-state index is 0.240. The van der Waals surface area contributed by atoms with Gasteiger partial charge < -0.3 is 11.1 Å². The Hall–Kier alpha value is -3.66. The molecule has 0 fully saturated rings. The van der Waals surface area contributed by atoms with Gasteiger partial charge in [0.15, 0.2) is 0 Å². The van der Waals surface area contributed by atoms with Crippen LogP contribution >= 0.6 is 0 Å². The Bertz CT molecular complexity index is 1180. The van der Waals surface area contributed by atoms with E-state index in [4.69, 9.17) is 5.73 Å². The third-order valence-corrected chi connectivity index (χ3v) is 4.71. The highest BCUT2D eigenvalue weighted by atomic mass is 16.2. The summed E-state index contributed by atoms with van der Waals surface area (Å²) in [5.41, 5.74) is 7.31. The topological polar surface area (TPSA) is 72.2 Å². The predicted molar refractivity (Wildman–Crippen MR) is 108 cm³/mol. The van der Waals surface area contributed by atoms with Gasteiger partial charge in [-0.05, 0) is 39.2 Å². The lowest BCUT2D eigenvalue weighted by atomic mass is 10.00. The zero-order valence-electron chi connectivity index (χ0n) is 14.6. The van der Waals surface area contributed by atoms with E-state index in [1.807, 2.05) is 66.7 Å². The molecule has 4 nitrogen and oxygen atoms in total. The third-order valence-electron chi connectivity index (χ3n) is 4.71. The lowest BCUT2D eigenvalue weighted by Crippen LogP contribution is -2.23. The van der Waals surface area contributed by atoms with Crippen LogP contribution in [-0.4, -0.2) is 11.8 Å². The van der Waals surface area contributed by atoms with Gasteiger partial charge in [-0.1, -0.05) is 66.7 Å². The first-order chi connectivity index (χ1) is 13.1. The number of hydrogen-bond acceptors (Lipinski definition) is 2. The Kier molecular flexibility index (Phi) is 4.30. The summed E-state index contributed by atoms with van der Waals surface area (Å²) >= 11 is 0. The monoisotopic (exact) mass is 354 g/mol. The molecule has 4 heteroatoms. The molecule has 0 aliphatic carbocycles. The van der Waals surface area contributed by atoms with Crippen molar-refractivity contribution in [2.45, 2.75) is 6.54 Å². The predicted octanol–water partition coefficient (Wildman–Crippen LogP) is 4.02. The van der Waals surface area contributed by atoms with E-state index in [9.17, 15) is 9.59 Å². The number of hydrogen-bond donors (Lipinski definition) is 2. The summed E-state index contributed by atoms with van der Waals surface area (Å²) in [7, 11) is 0. The first kappa shape index (κ1) is 16.8. The molecule has 3 N–H and O–H groups in total. The van der Waals surface area contributed by atoms with Gasteiger partial charge in [0.2, 0.25) is 5.91 Å². The molecule has 132 valence electrons. The molecule has 4 aromatic rings. The Labute approximate surface area is 156 Å². The van der Waals surface area contributed by atoms with Crippen LogP contribution in [0.3, 0.4) is 0 Å². The second-order valence-electron chi connectivity index (χ2n) is 6.43. The van der Waals surface area contributed by atoms with Crippen LogP contribution in [-0.2, 0) is 6.54 Å². The summed E-state index contributed by atoms with van der Waals surface area (Å²) in [4.78, 5) is 24.5. The molecule has 0 atom stereocenters. The highest BCUT2D eigenvalue weighted by molar-refractivity contribution is 6.10. The smallest absolute Gasteiger partial charge is 0.251 e. The molecule has 0 saturated heterocycles. The number of carbonyl (C=O) groups is 2. The molecule has 0 radical (unpaired) electrons. The van der Waals surface area contributed by atoms with Crippen molar-refractivity contribution < 1.29 is 9.59 Å². The van der Waals surface area contributed by atoms with Crippen molar-refractivity contribution in [1.82, 2.24) is 5.32 Å². The van der Waals surface area contributed by atoms with Crippen LogP contribution in [0.2, 0.25) is 0 Å². The standard InChI is InChI=1S/C23H18N2O2/c24-22(26)21-13-18(12-16-7-2-4-11-20(16)21)23(27)25-14-17-9-5-8-15-6-1-3-10-19(15)17/h1-13H,14H2,(H2,24,26)(H,25,27). The Morgan fingerprint density at radius 3 is 2.22 bits per heavy atom. The number of fused-ring (bicyclic) bond motifs is 2. The van der Waals surface area contributed by atoms with E-state index >= 15 is 0 Å². The summed E-state index contributed by atoms with van der Waals surface area (Å²) in [6.07, 6.45) is 0. The van der Waals surface area contributed by atoms with Crippen LogP contribution in [0.5, 0.6) is 0 Å². The molecule has 27 heavy (non-hydrogen) atoms. The number of rotatable bonds is 4. The third kappa shape index (κ3) is 3.25. The van der Waals surface area contributed by atoms with Gasteiger partial charge in [-0.15, -0.1) is 0 Å². The van der Waals surface area contributed by atoms with E-state index in [1.54, 1.807) is 12.1 Å². The van der Waals surface area contributed by atoms with Crippen molar-refractivity contribution in [2.75, 3.05) is 0 Å². The van der Waals surface area contributed by atoms with E-state index < -0.39 is 5.91 Å². The minimum atomic E-state index is -0.546. The molecule has 0 saturated carbocycles. The highest BCUT2D eigenvalue weighted by Gasteiger charge is 2.13. The number of benzene rings is 4. The molecule has 0 unspecified atom stereocenters. The van der Waals surface area contributed by atoms with Gasteiger partial charge in [0.05, 0.1) is 0 Å². The Balaban J connectivity index is 1.64. The maximum atomic E-state index is 12.7. The van der Waals surface area contributed by atoms with Crippen LogP contribution in [0, 0.1) is 0 Å². The molecule has 0 aromatic heterocycles. The van der Waals surface area contributed by atoms with Gasteiger partial charge >= 0.3 is 0 Å².